The largest absolute Gasteiger partial charge is 0.495 e. The highest BCUT2D eigenvalue weighted by Crippen LogP contribution is 2.46. The van der Waals surface area contributed by atoms with Crippen molar-refractivity contribution in [2.24, 2.45) is 11.8 Å². The van der Waals surface area contributed by atoms with Crippen molar-refractivity contribution in [2.75, 3.05) is 33.6 Å². The number of nitrogens with one attached hydrogen (secondary N) is 1. The summed E-state index contributed by atoms with van der Waals surface area (Å²) in [4.78, 5) is 23.3. The highest BCUT2D eigenvalue weighted by Gasteiger charge is 2.36. The molecule has 3 aromatic rings. The minimum atomic E-state index is 0.0277. The third kappa shape index (κ3) is 4.59. The van der Waals surface area contributed by atoms with Crippen LogP contribution in [0.4, 0.5) is 5.95 Å². The van der Waals surface area contributed by atoms with Gasteiger partial charge in [-0.3, -0.25) is 4.79 Å². The van der Waals surface area contributed by atoms with E-state index in [0.29, 0.717) is 39.0 Å². The zero-order valence-electron chi connectivity index (χ0n) is 19.9. The fraction of sp³-hybridized carbons (Fsp3) is 0.400. The second-order valence-corrected chi connectivity index (χ2v) is 9.64. The Morgan fingerprint density at radius 1 is 1.09 bits per heavy atom. The van der Waals surface area contributed by atoms with Gasteiger partial charge in [0.1, 0.15) is 11.5 Å². The lowest BCUT2D eigenvalue weighted by molar-refractivity contribution is -0.132. The number of aromatic nitrogens is 2. The molecular formula is C25H28Cl2N4O3. The molecule has 1 heterocycles. The van der Waals surface area contributed by atoms with Crippen molar-refractivity contribution >= 4 is 46.0 Å². The summed E-state index contributed by atoms with van der Waals surface area (Å²) in [6.45, 7) is 2.16. The number of carbonyl (C=O) groups is 1. The third-order valence-electron chi connectivity index (χ3n) is 6.43. The number of hydrogen-bond acceptors (Lipinski definition) is 6. The fourth-order valence-corrected chi connectivity index (χ4v) is 5.30. The van der Waals surface area contributed by atoms with Crippen LogP contribution in [0, 0.1) is 11.8 Å². The topological polar surface area (TPSA) is 76.6 Å². The number of hydrogen-bond donors (Lipinski definition) is 1. The molecule has 0 aliphatic heterocycles. The third-order valence-corrected chi connectivity index (χ3v) is 7.18. The Morgan fingerprint density at radius 2 is 1.76 bits per heavy atom. The van der Waals surface area contributed by atoms with Gasteiger partial charge in [0, 0.05) is 49.3 Å². The van der Waals surface area contributed by atoms with Crippen LogP contribution in [-0.2, 0) is 4.79 Å². The first kappa shape index (κ1) is 24.4. The minimum absolute atomic E-state index is 0.0277. The van der Waals surface area contributed by atoms with Gasteiger partial charge in [-0.25, -0.2) is 9.97 Å². The standard InChI is InChI=1S/C25H28Cl2N4O3/c1-13-8-15(24(32)31(2)3)10-18(13)30-25-28-12-16-9-14(6-7-17(16)29-25)21-22(26)19(33-4)11-20(34-5)23(21)27/h6-7,9,11-13,15,18H,8,10H2,1-5H3,(H,28,29,30)/t13?,15-,18?/m0/s1. The average Bonchev–Trinajstić information content (AvgIpc) is 3.18. The number of methoxy groups -OCH3 is 2. The number of rotatable bonds is 6. The molecular weight excluding hydrogens is 475 g/mol. The van der Waals surface area contributed by atoms with E-state index in [2.05, 4.69) is 17.2 Å². The van der Waals surface area contributed by atoms with Crippen LogP contribution >= 0.6 is 23.2 Å². The van der Waals surface area contributed by atoms with Crippen LogP contribution in [-0.4, -0.2) is 55.1 Å². The molecule has 0 spiro atoms. The molecule has 1 saturated carbocycles. The van der Waals surface area contributed by atoms with Gasteiger partial charge >= 0.3 is 0 Å². The van der Waals surface area contributed by atoms with Crippen LogP contribution in [0.25, 0.3) is 22.0 Å². The van der Waals surface area contributed by atoms with E-state index >= 15 is 0 Å². The van der Waals surface area contributed by atoms with Crippen LogP contribution in [0.1, 0.15) is 19.8 Å². The minimum Gasteiger partial charge on any atom is -0.495 e. The number of halogens is 2. The van der Waals surface area contributed by atoms with Gasteiger partial charge in [0.15, 0.2) is 0 Å². The Morgan fingerprint density at radius 3 is 2.38 bits per heavy atom. The molecule has 0 bridgehead atoms. The quantitative estimate of drug-likeness (QED) is 0.477. The summed E-state index contributed by atoms with van der Waals surface area (Å²) in [5.41, 5.74) is 2.22. The Hall–Kier alpha value is -2.77. The number of amides is 1. The average molecular weight is 503 g/mol. The van der Waals surface area contributed by atoms with Gasteiger partial charge in [-0.2, -0.15) is 0 Å². The van der Waals surface area contributed by atoms with Crippen molar-refractivity contribution in [1.29, 1.82) is 0 Å². The van der Waals surface area contributed by atoms with E-state index in [1.807, 2.05) is 18.2 Å². The van der Waals surface area contributed by atoms with Gasteiger partial charge in [-0.05, 0) is 36.5 Å². The number of carbonyl (C=O) groups excluding carboxylic acids is 1. The summed E-state index contributed by atoms with van der Waals surface area (Å²) < 4.78 is 10.8. The molecule has 3 atom stereocenters. The molecule has 9 heteroatoms. The second kappa shape index (κ2) is 9.84. The number of anilines is 1. The number of benzene rings is 2. The molecule has 7 nitrogen and oxygen atoms in total. The lowest BCUT2D eigenvalue weighted by Gasteiger charge is -2.18. The Kier molecular flexibility index (Phi) is 7.05. The molecule has 34 heavy (non-hydrogen) atoms. The van der Waals surface area contributed by atoms with Crippen molar-refractivity contribution in [2.45, 2.75) is 25.8 Å². The Bertz CT molecular complexity index is 1210. The van der Waals surface area contributed by atoms with Crippen LogP contribution < -0.4 is 14.8 Å². The number of nitrogens with zero attached hydrogens (tertiary/aromatic N) is 3. The van der Waals surface area contributed by atoms with E-state index in [9.17, 15) is 4.79 Å². The van der Waals surface area contributed by atoms with E-state index in [-0.39, 0.29) is 17.9 Å². The van der Waals surface area contributed by atoms with Gasteiger partial charge in [0.2, 0.25) is 11.9 Å². The molecule has 2 unspecified atom stereocenters. The molecule has 1 amide bonds. The molecule has 2 aromatic carbocycles. The second-order valence-electron chi connectivity index (χ2n) is 8.88. The first-order chi connectivity index (χ1) is 16.2. The predicted molar refractivity (Wildman–Crippen MR) is 136 cm³/mol. The molecule has 1 fully saturated rings. The number of fused-ring (bicyclic) bond motifs is 1. The van der Waals surface area contributed by atoms with E-state index in [1.165, 1.54) is 0 Å². The molecule has 1 aromatic heterocycles. The predicted octanol–water partition coefficient (Wildman–Crippen LogP) is 5.54. The summed E-state index contributed by atoms with van der Waals surface area (Å²) in [7, 11) is 6.70. The normalized spacial score (nSPS) is 19.8. The maximum Gasteiger partial charge on any atom is 0.225 e. The van der Waals surface area contributed by atoms with Gasteiger partial charge < -0.3 is 19.7 Å². The first-order valence-corrected chi connectivity index (χ1v) is 11.8. The van der Waals surface area contributed by atoms with Gasteiger partial charge in [0.25, 0.3) is 0 Å². The van der Waals surface area contributed by atoms with Crippen molar-refractivity contribution in [3.05, 3.63) is 40.5 Å². The Labute approximate surface area is 209 Å². The lowest BCUT2D eigenvalue weighted by Crippen LogP contribution is -2.29. The maximum atomic E-state index is 12.4. The van der Waals surface area contributed by atoms with E-state index in [4.69, 9.17) is 37.7 Å². The van der Waals surface area contributed by atoms with Gasteiger partial charge in [-0.1, -0.05) is 36.2 Å². The molecule has 4 rings (SSSR count). The van der Waals surface area contributed by atoms with Crippen molar-refractivity contribution in [1.82, 2.24) is 14.9 Å². The van der Waals surface area contributed by atoms with E-state index < -0.39 is 0 Å². The van der Waals surface area contributed by atoms with E-state index in [1.54, 1.807) is 45.5 Å². The summed E-state index contributed by atoms with van der Waals surface area (Å²) in [5.74, 6) is 2.06. The SMILES string of the molecule is COc1cc(OC)c(Cl)c(-c2ccc3nc(NC4C[C@@H](C(=O)N(C)C)CC4C)ncc3c2)c1Cl. The van der Waals surface area contributed by atoms with Crippen molar-refractivity contribution in [3.8, 4) is 22.6 Å². The monoisotopic (exact) mass is 502 g/mol. The maximum absolute atomic E-state index is 12.4. The van der Waals surface area contributed by atoms with Crippen molar-refractivity contribution in [3.63, 3.8) is 0 Å². The lowest BCUT2D eigenvalue weighted by atomic mass is 10.0. The van der Waals surface area contributed by atoms with Crippen LogP contribution in [0.3, 0.4) is 0 Å². The zero-order chi connectivity index (χ0) is 24.6. The molecule has 1 aliphatic rings. The summed E-state index contributed by atoms with van der Waals surface area (Å²) in [6, 6.07) is 7.57. The fourth-order valence-electron chi connectivity index (χ4n) is 4.58. The summed E-state index contributed by atoms with van der Waals surface area (Å²) in [6.07, 6.45) is 3.40. The molecule has 1 N–H and O–H groups in total. The molecule has 180 valence electrons. The summed E-state index contributed by atoms with van der Waals surface area (Å²) in [5, 5.41) is 5.09. The van der Waals surface area contributed by atoms with Gasteiger partial charge in [0.05, 0.1) is 29.8 Å². The van der Waals surface area contributed by atoms with Crippen molar-refractivity contribution < 1.29 is 14.3 Å². The highest BCUT2D eigenvalue weighted by molar-refractivity contribution is 6.41. The first-order valence-electron chi connectivity index (χ1n) is 11.1. The summed E-state index contributed by atoms with van der Waals surface area (Å²) >= 11 is 13.2. The van der Waals surface area contributed by atoms with Crippen LogP contribution in [0.2, 0.25) is 10.0 Å². The zero-order valence-corrected chi connectivity index (χ0v) is 21.4. The molecule has 0 radical (unpaired) electrons. The molecule has 0 saturated heterocycles. The Balaban J connectivity index is 1.61. The smallest absolute Gasteiger partial charge is 0.225 e. The van der Waals surface area contributed by atoms with Gasteiger partial charge in [-0.15, -0.1) is 0 Å². The van der Waals surface area contributed by atoms with Crippen LogP contribution in [0.5, 0.6) is 11.5 Å². The molecule has 1 aliphatic carbocycles. The highest BCUT2D eigenvalue weighted by atomic mass is 35.5. The van der Waals surface area contributed by atoms with Crippen LogP contribution in [0.15, 0.2) is 30.5 Å². The van der Waals surface area contributed by atoms with E-state index in [0.717, 1.165) is 29.3 Å². The number of ether oxygens (including phenoxy) is 2.